The van der Waals surface area contributed by atoms with E-state index in [2.05, 4.69) is 41.2 Å². The number of nitrogens with one attached hydrogen (secondary N) is 3. The lowest BCUT2D eigenvalue weighted by Gasteiger charge is -2.16. The maximum atomic E-state index is 11.5. The normalized spacial score (nSPS) is 13.4. The Morgan fingerprint density at radius 1 is 0.667 bits per heavy atom. The Kier molecular flexibility index (Phi) is 18.6. The second-order valence-corrected chi connectivity index (χ2v) is 7.75. The Labute approximate surface area is 216 Å². The van der Waals surface area contributed by atoms with Crippen LogP contribution < -0.4 is 27.4 Å². The molecule has 0 aromatic heterocycles. The maximum Gasteiger partial charge on any atom is 0.327 e. The highest BCUT2D eigenvalue weighted by atomic mass is 32.1. The molecular weight excluding hydrogens is 526 g/mol. The first kappa shape index (κ1) is 35.1. The summed E-state index contributed by atoms with van der Waals surface area (Å²) in [7, 11) is 0. The number of carboxylic acids is 4. The van der Waals surface area contributed by atoms with Gasteiger partial charge in [-0.05, 0) is 12.8 Å². The van der Waals surface area contributed by atoms with E-state index >= 15 is 0 Å². The zero-order valence-electron chi connectivity index (χ0n) is 19.0. The number of amides is 3. The van der Waals surface area contributed by atoms with Crippen molar-refractivity contribution in [2.24, 2.45) is 11.5 Å². The fourth-order valence-electron chi connectivity index (χ4n) is 2.02. The highest BCUT2D eigenvalue weighted by molar-refractivity contribution is 7.80. The van der Waals surface area contributed by atoms with E-state index in [0.29, 0.717) is 0 Å². The summed E-state index contributed by atoms with van der Waals surface area (Å²) in [4.78, 5) is 75.8. The lowest BCUT2D eigenvalue weighted by atomic mass is 10.1. The van der Waals surface area contributed by atoms with Gasteiger partial charge in [-0.25, -0.2) is 4.79 Å². The van der Waals surface area contributed by atoms with Crippen LogP contribution in [0.5, 0.6) is 0 Å². The van der Waals surface area contributed by atoms with Gasteiger partial charge in [0, 0.05) is 24.3 Å². The number of hydrogen-bond donors (Lipinski definition) is 11. The molecule has 0 aliphatic heterocycles. The molecule has 4 atom stereocenters. The number of aliphatic carboxylic acids is 4. The molecule has 11 N–H and O–H groups in total. The quantitative estimate of drug-likeness (QED) is 0.0821. The molecule has 0 bridgehead atoms. The van der Waals surface area contributed by atoms with Gasteiger partial charge in [0.2, 0.25) is 17.7 Å². The summed E-state index contributed by atoms with van der Waals surface area (Å²) in [5, 5.41) is 40.6. The van der Waals surface area contributed by atoms with Crippen LogP contribution >= 0.6 is 25.3 Å². The second-order valence-electron chi connectivity index (χ2n) is 7.02. The standard InChI is InChI=1S/C10H17N3O6S.C8H14N2O5S/c11-5(10(18)19)1-2-7(14)13-6(4-20)9(17)12-3-8(15)16;9-4(7(12)13)1-2-6(11)10-5(3-16)8(14)15/h5-6,20H,1-4,11H2,(H,12,17)(H,13,14)(H,15,16)(H,18,19);4-5,16H,1-3,9H2,(H,10,11)(H,12,13)(H,14,15). The van der Waals surface area contributed by atoms with E-state index in [4.69, 9.17) is 31.9 Å². The fourth-order valence-corrected chi connectivity index (χ4v) is 2.52. The van der Waals surface area contributed by atoms with Gasteiger partial charge in [-0.2, -0.15) is 25.3 Å². The molecule has 206 valence electrons. The van der Waals surface area contributed by atoms with E-state index < -0.39 is 72.3 Å². The molecular formula is C18H31N5O11S2. The molecule has 16 nitrogen and oxygen atoms in total. The van der Waals surface area contributed by atoms with Crippen molar-refractivity contribution in [2.45, 2.75) is 49.9 Å². The molecule has 0 heterocycles. The number of thiol groups is 2. The van der Waals surface area contributed by atoms with Crippen molar-refractivity contribution in [3.8, 4) is 0 Å². The van der Waals surface area contributed by atoms with Gasteiger partial charge in [0.05, 0.1) is 0 Å². The molecule has 0 aromatic rings. The zero-order valence-corrected chi connectivity index (χ0v) is 20.7. The first-order chi connectivity index (χ1) is 16.7. The first-order valence-corrected chi connectivity index (χ1v) is 11.4. The zero-order chi connectivity index (χ0) is 28.4. The van der Waals surface area contributed by atoms with Crippen LogP contribution in [0.15, 0.2) is 0 Å². The molecule has 36 heavy (non-hydrogen) atoms. The molecule has 0 aromatic carbocycles. The van der Waals surface area contributed by atoms with E-state index in [9.17, 15) is 33.6 Å². The van der Waals surface area contributed by atoms with E-state index in [-0.39, 0.29) is 37.2 Å². The SMILES string of the molecule is NC(CCC(=O)NC(CS)C(=O)NCC(=O)O)C(=O)O.NC(CCC(=O)NC(CS)C(=O)O)C(=O)O. The highest BCUT2D eigenvalue weighted by Gasteiger charge is 2.21. The molecule has 0 fully saturated rings. The highest BCUT2D eigenvalue weighted by Crippen LogP contribution is 1.98. The summed E-state index contributed by atoms with van der Waals surface area (Å²) in [6.45, 7) is -0.567. The average Bonchev–Trinajstić information content (AvgIpc) is 2.80. The Morgan fingerprint density at radius 3 is 1.36 bits per heavy atom. The summed E-state index contributed by atoms with van der Waals surface area (Å²) < 4.78 is 0. The molecule has 18 heteroatoms. The largest absolute Gasteiger partial charge is 0.480 e. The number of nitrogens with two attached hydrogens (primary N) is 2. The van der Waals surface area contributed by atoms with Crippen molar-refractivity contribution in [3.05, 3.63) is 0 Å². The van der Waals surface area contributed by atoms with Crippen LogP contribution in [0.3, 0.4) is 0 Å². The topological polar surface area (TPSA) is 289 Å². The van der Waals surface area contributed by atoms with Gasteiger partial charge in [0.25, 0.3) is 0 Å². The third-order valence-electron chi connectivity index (χ3n) is 4.06. The maximum absolute atomic E-state index is 11.5. The van der Waals surface area contributed by atoms with Crippen LogP contribution in [0.25, 0.3) is 0 Å². The number of carbonyl (C=O) groups is 7. The van der Waals surface area contributed by atoms with Crippen LogP contribution in [0, 0.1) is 0 Å². The number of hydrogen-bond acceptors (Lipinski definition) is 11. The predicted octanol–water partition coefficient (Wildman–Crippen LogP) is -3.53. The molecule has 0 radical (unpaired) electrons. The minimum Gasteiger partial charge on any atom is -0.480 e. The van der Waals surface area contributed by atoms with Gasteiger partial charge in [0.1, 0.15) is 30.7 Å². The third kappa shape index (κ3) is 17.4. The van der Waals surface area contributed by atoms with Crippen molar-refractivity contribution in [1.29, 1.82) is 0 Å². The Bertz CT molecular complexity index is 799. The Morgan fingerprint density at radius 2 is 1.06 bits per heavy atom. The first-order valence-electron chi connectivity index (χ1n) is 10.2. The summed E-state index contributed by atoms with van der Waals surface area (Å²) in [5.74, 6) is -6.68. The smallest absolute Gasteiger partial charge is 0.327 e. The van der Waals surface area contributed by atoms with Crippen LogP contribution in [-0.4, -0.2) is 104 Å². The van der Waals surface area contributed by atoms with Crippen LogP contribution in [0.2, 0.25) is 0 Å². The minimum absolute atomic E-state index is 0.0256. The Balaban J connectivity index is 0. The van der Waals surface area contributed by atoms with Crippen molar-refractivity contribution in [2.75, 3.05) is 18.1 Å². The summed E-state index contributed by atoms with van der Waals surface area (Å²) in [6.07, 6.45) is -0.410. The van der Waals surface area contributed by atoms with E-state index in [1.54, 1.807) is 0 Å². The number of rotatable bonds is 16. The summed E-state index contributed by atoms with van der Waals surface area (Å²) >= 11 is 7.63. The van der Waals surface area contributed by atoms with E-state index in [1.165, 1.54) is 0 Å². The van der Waals surface area contributed by atoms with Gasteiger partial charge >= 0.3 is 23.9 Å². The molecule has 4 unspecified atom stereocenters. The summed E-state index contributed by atoms with van der Waals surface area (Å²) in [6, 6.07) is -4.34. The predicted molar refractivity (Wildman–Crippen MR) is 130 cm³/mol. The molecule has 0 aliphatic carbocycles. The lowest BCUT2D eigenvalue weighted by Crippen LogP contribution is -2.49. The van der Waals surface area contributed by atoms with Gasteiger partial charge < -0.3 is 47.8 Å². The minimum atomic E-state index is -1.22. The third-order valence-corrected chi connectivity index (χ3v) is 4.79. The van der Waals surface area contributed by atoms with Crippen molar-refractivity contribution in [1.82, 2.24) is 16.0 Å². The van der Waals surface area contributed by atoms with Gasteiger partial charge in [-0.15, -0.1) is 0 Å². The van der Waals surface area contributed by atoms with Gasteiger partial charge in [0.15, 0.2) is 0 Å². The second kappa shape index (κ2) is 19.1. The van der Waals surface area contributed by atoms with Crippen LogP contribution in [0.4, 0.5) is 0 Å². The van der Waals surface area contributed by atoms with Gasteiger partial charge in [-0.1, -0.05) is 0 Å². The number of carbonyl (C=O) groups excluding carboxylic acids is 3. The van der Waals surface area contributed by atoms with Crippen molar-refractivity contribution >= 4 is 66.9 Å². The molecule has 0 rings (SSSR count). The summed E-state index contributed by atoms with van der Waals surface area (Å²) in [5.41, 5.74) is 10.4. The molecule has 0 saturated carbocycles. The van der Waals surface area contributed by atoms with Crippen LogP contribution in [-0.2, 0) is 33.6 Å². The van der Waals surface area contributed by atoms with Crippen molar-refractivity contribution < 1.29 is 54.0 Å². The average molecular weight is 558 g/mol. The van der Waals surface area contributed by atoms with E-state index in [0.717, 1.165) is 0 Å². The van der Waals surface area contributed by atoms with Crippen molar-refractivity contribution in [3.63, 3.8) is 0 Å². The number of carboxylic acid groups (broad SMARTS) is 4. The molecule has 0 aliphatic rings. The molecule has 3 amide bonds. The van der Waals surface area contributed by atoms with E-state index in [1.807, 2.05) is 0 Å². The van der Waals surface area contributed by atoms with Gasteiger partial charge in [-0.3, -0.25) is 28.8 Å². The Hall–Kier alpha value is -3.09. The van der Waals surface area contributed by atoms with Crippen LogP contribution in [0.1, 0.15) is 25.7 Å². The molecule has 0 saturated heterocycles. The lowest BCUT2D eigenvalue weighted by molar-refractivity contribution is -0.141. The fraction of sp³-hybridized carbons (Fsp3) is 0.611. The monoisotopic (exact) mass is 557 g/mol. The molecule has 0 spiro atoms.